The molecule has 0 spiro atoms. The van der Waals surface area contributed by atoms with E-state index < -0.39 is 0 Å². The molecule has 0 aliphatic carbocycles. The molecular formula is C15H32. The summed E-state index contributed by atoms with van der Waals surface area (Å²) in [7, 11) is 0. The Labute approximate surface area is 97.8 Å². The molecule has 0 saturated carbocycles. The number of hydrogen-bond donors (Lipinski definition) is 0. The average molecular weight is 212 g/mol. The first-order valence-electron chi connectivity index (χ1n) is 6.70. The van der Waals surface area contributed by atoms with Crippen molar-refractivity contribution < 1.29 is 0 Å². The highest BCUT2D eigenvalue weighted by Crippen LogP contribution is 2.39. The Morgan fingerprint density at radius 2 is 1.33 bits per heavy atom. The van der Waals surface area contributed by atoms with Crippen LogP contribution >= 0.6 is 0 Å². The lowest BCUT2D eigenvalue weighted by Gasteiger charge is -2.37. The third-order valence-electron chi connectivity index (χ3n) is 3.94. The van der Waals surface area contributed by atoms with Gasteiger partial charge in [-0.25, -0.2) is 0 Å². The van der Waals surface area contributed by atoms with Crippen LogP contribution in [0.4, 0.5) is 0 Å². The maximum absolute atomic E-state index is 2.39. The molecule has 0 saturated heterocycles. The molecule has 0 aromatic carbocycles. The lowest BCUT2D eigenvalue weighted by atomic mass is 9.68. The van der Waals surface area contributed by atoms with Crippen LogP contribution in [-0.4, -0.2) is 0 Å². The third-order valence-corrected chi connectivity index (χ3v) is 3.94. The van der Waals surface area contributed by atoms with E-state index in [-0.39, 0.29) is 0 Å². The second-order valence-electron chi connectivity index (χ2n) is 6.86. The molecule has 15 heavy (non-hydrogen) atoms. The summed E-state index contributed by atoms with van der Waals surface area (Å²) in [5.74, 6) is 3.39. The standard InChI is InChI=1S/C15H32/c1-9-13(11(2)3)10-14(12(4)5)15(6,7)8/h11-14H,9-10H2,1-8H3. The van der Waals surface area contributed by atoms with Gasteiger partial charge in [-0.3, -0.25) is 0 Å². The van der Waals surface area contributed by atoms with Gasteiger partial charge in [0.2, 0.25) is 0 Å². The van der Waals surface area contributed by atoms with Gasteiger partial charge >= 0.3 is 0 Å². The van der Waals surface area contributed by atoms with Crippen molar-refractivity contribution in [1.82, 2.24) is 0 Å². The Morgan fingerprint density at radius 1 is 0.867 bits per heavy atom. The molecule has 0 aromatic rings. The van der Waals surface area contributed by atoms with Gasteiger partial charge in [0.15, 0.2) is 0 Å². The molecule has 0 heteroatoms. The van der Waals surface area contributed by atoms with Gasteiger partial charge in [0, 0.05) is 0 Å². The summed E-state index contributed by atoms with van der Waals surface area (Å²) in [5.41, 5.74) is 0.455. The van der Waals surface area contributed by atoms with Gasteiger partial charge in [0.25, 0.3) is 0 Å². The van der Waals surface area contributed by atoms with Crippen molar-refractivity contribution in [3.8, 4) is 0 Å². The van der Waals surface area contributed by atoms with Crippen LogP contribution in [0, 0.1) is 29.1 Å². The van der Waals surface area contributed by atoms with Gasteiger partial charge in [-0.15, -0.1) is 0 Å². The average Bonchev–Trinajstić information content (AvgIpc) is 2.01. The predicted octanol–water partition coefficient (Wildman–Crippen LogP) is 5.38. The van der Waals surface area contributed by atoms with Crippen molar-refractivity contribution in [1.29, 1.82) is 0 Å². The summed E-state index contributed by atoms with van der Waals surface area (Å²) in [6, 6.07) is 0. The summed E-state index contributed by atoms with van der Waals surface area (Å²) in [4.78, 5) is 0. The second-order valence-corrected chi connectivity index (χ2v) is 6.86. The van der Waals surface area contributed by atoms with Crippen molar-refractivity contribution in [3.63, 3.8) is 0 Å². The molecule has 0 aliphatic heterocycles. The van der Waals surface area contributed by atoms with Crippen molar-refractivity contribution >= 4 is 0 Å². The van der Waals surface area contributed by atoms with Crippen LogP contribution in [0.1, 0.15) is 68.2 Å². The lowest BCUT2D eigenvalue weighted by molar-refractivity contribution is 0.125. The molecule has 0 nitrogen and oxygen atoms in total. The monoisotopic (exact) mass is 212 g/mol. The van der Waals surface area contributed by atoms with Gasteiger partial charge in [-0.05, 0) is 35.5 Å². The van der Waals surface area contributed by atoms with Crippen LogP contribution in [0.2, 0.25) is 0 Å². The van der Waals surface area contributed by atoms with E-state index in [0.717, 1.165) is 23.7 Å². The summed E-state index contributed by atoms with van der Waals surface area (Å²) in [5, 5.41) is 0. The van der Waals surface area contributed by atoms with E-state index in [1.165, 1.54) is 12.8 Å². The zero-order valence-corrected chi connectivity index (χ0v) is 12.2. The zero-order valence-electron chi connectivity index (χ0n) is 12.2. The van der Waals surface area contributed by atoms with E-state index in [4.69, 9.17) is 0 Å². The molecule has 0 bridgehead atoms. The summed E-state index contributed by atoms with van der Waals surface area (Å²) in [6.07, 6.45) is 2.73. The molecular weight excluding hydrogens is 180 g/mol. The van der Waals surface area contributed by atoms with Crippen molar-refractivity contribution in [2.75, 3.05) is 0 Å². The first-order valence-corrected chi connectivity index (χ1v) is 6.70. The normalized spacial score (nSPS) is 17.2. The number of hydrogen-bond acceptors (Lipinski definition) is 0. The van der Waals surface area contributed by atoms with Crippen molar-refractivity contribution in [2.24, 2.45) is 29.1 Å². The molecule has 2 atom stereocenters. The maximum Gasteiger partial charge on any atom is -0.0340 e. The van der Waals surface area contributed by atoms with E-state index in [2.05, 4.69) is 55.4 Å². The Balaban J connectivity index is 4.54. The fourth-order valence-corrected chi connectivity index (χ4v) is 2.86. The van der Waals surface area contributed by atoms with Gasteiger partial charge in [-0.2, -0.15) is 0 Å². The Morgan fingerprint density at radius 3 is 1.53 bits per heavy atom. The highest BCUT2D eigenvalue weighted by atomic mass is 14.3. The van der Waals surface area contributed by atoms with Gasteiger partial charge < -0.3 is 0 Å². The minimum atomic E-state index is 0.455. The van der Waals surface area contributed by atoms with Gasteiger partial charge in [0.05, 0.1) is 0 Å². The second kappa shape index (κ2) is 5.92. The highest BCUT2D eigenvalue weighted by molar-refractivity contribution is 4.79. The first-order chi connectivity index (χ1) is 6.70. The van der Waals surface area contributed by atoms with E-state index in [1.54, 1.807) is 0 Å². The molecule has 0 amide bonds. The maximum atomic E-state index is 2.39. The Hall–Kier alpha value is 0. The molecule has 0 N–H and O–H groups in total. The molecule has 2 unspecified atom stereocenters. The minimum absolute atomic E-state index is 0.455. The van der Waals surface area contributed by atoms with Crippen LogP contribution in [0.3, 0.4) is 0 Å². The van der Waals surface area contributed by atoms with Crippen LogP contribution < -0.4 is 0 Å². The lowest BCUT2D eigenvalue weighted by Crippen LogP contribution is -2.29. The Kier molecular flexibility index (Phi) is 5.92. The van der Waals surface area contributed by atoms with Gasteiger partial charge in [0.1, 0.15) is 0 Å². The summed E-state index contributed by atoms with van der Waals surface area (Å²) in [6.45, 7) is 19.0. The van der Waals surface area contributed by atoms with E-state index in [0.29, 0.717) is 5.41 Å². The van der Waals surface area contributed by atoms with Crippen molar-refractivity contribution in [3.05, 3.63) is 0 Å². The van der Waals surface area contributed by atoms with Crippen LogP contribution in [0.25, 0.3) is 0 Å². The largest absolute Gasteiger partial charge is 0.0651 e. The summed E-state index contributed by atoms with van der Waals surface area (Å²) < 4.78 is 0. The molecule has 0 radical (unpaired) electrons. The minimum Gasteiger partial charge on any atom is -0.0651 e. The van der Waals surface area contributed by atoms with Crippen LogP contribution in [0.5, 0.6) is 0 Å². The van der Waals surface area contributed by atoms with E-state index >= 15 is 0 Å². The van der Waals surface area contributed by atoms with Crippen molar-refractivity contribution in [2.45, 2.75) is 68.2 Å². The van der Waals surface area contributed by atoms with Gasteiger partial charge in [-0.1, -0.05) is 61.8 Å². The fourth-order valence-electron chi connectivity index (χ4n) is 2.86. The summed E-state index contributed by atoms with van der Waals surface area (Å²) >= 11 is 0. The smallest absolute Gasteiger partial charge is 0.0340 e. The highest BCUT2D eigenvalue weighted by Gasteiger charge is 2.30. The predicted molar refractivity (Wildman–Crippen MR) is 71.0 cm³/mol. The Bertz CT molecular complexity index is 159. The van der Waals surface area contributed by atoms with E-state index in [9.17, 15) is 0 Å². The molecule has 0 aromatic heterocycles. The molecule has 0 fully saturated rings. The topological polar surface area (TPSA) is 0 Å². The quantitative estimate of drug-likeness (QED) is 0.574. The molecule has 92 valence electrons. The number of rotatable bonds is 5. The molecule has 0 rings (SSSR count). The van der Waals surface area contributed by atoms with E-state index in [1.807, 2.05) is 0 Å². The third kappa shape index (κ3) is 5.04. The first kappa shape index (κ1) is 15.0. The molecule has 0 heterocycles. The SMILES string of the molecule is CCC(CC(C(C)C)C(C)(C)C)C(C)C. The van der Waals surface area contributed by atoms with Crippen LogP contribution in [-0.2, 0) is 0 Å². The van der Waals surface area contributed by atoms with Crippen LogP contribution in [0.15, 0.2) is 0 Å². The zero-order chi connectivity index (χ0) is 12.2. The fraction of sp³-hybridized carbons (Fsp3) is 1.00. The molecule has 0 aliphatic rings.